The molecule has 2 aliphatic heterocycles. The van der Waals surface area contributed by atoms with E-state index in [4.69, 9.17) is 11.6 Å². The number of nitrogens with zero attached hydrogens (tertiary/aromatic N) is 11. The molecule has 0 amide bonds. The molecule has 6 heterocycles. The Morgan fingerprint density at radius 3 is 1.47 bits per heavy atom. The van der Waals surface area contributed by atoms with Crippen molar-refractivity contribution in [2.24, 2.45) is 0 Å². The van der Waals surface area contributed by atoms with Crippen LogP contribution in [0.1, 0.15) is 0 Å². The predicted molar refractivity (Wildman–Crippen MR) is 160 cm³/mol. The molecular weight excluding hydrogens is 580 g/mol. The molecule has 0 aliphatic carbocycles. The molecule has 1 N–H and O–H groups in total. The summed E-state index contributed by atoms with van der Waals surface area (Å²) in [7, 11) is 0. The van der Waals surface area contributed by atoms with E-state index >= 15 is 0 Å². The number of anilines is 3. The molecule has 6 rings (SSSR count). The maximum Gasteiger partial charge on any atom is 0.305 e. The van der Waals surface area contributed by atoms with Crippen LogP contribution < -0.4 is 20.0 Å². The largest absolute Gasteiger partial charge is 0.369 e. The first-order chi connectivity index (χ1) is 20.9. The Labute approximate surface area is 251 Å². The number of nitrogens with one attached hydrogen (secondary N) is 1. The summed E-state index contributed by atoms with van der Waals surface area (Å²) in [5.74, 6) is 0.537. The van der Waals surface area contributed by atoms with E-state index in [0.29, 0.717) is 5.95 Å². The highest BCUT2D eigenvalue weighted by Crippen LogP contribution is 2.18. The summed E-state index contributed by atoms with van der Waals surface area (Å²) < 4.78 is 0. The van der Waals surface area contributed by atoms with Gasteiger partial charge in [0.1, 0.15) is 24.8 Å². The quantitative estimate of drug-likeness (QED) is 0.198. The lowest BCUT2D eigenvalue weighted by Crippen LogP contribution is -2.47. The van der Waals surface area contributed by atoms with Crippen LogP contribution in [0.25, 0.3) is 0 Å². The number of rotatable bonds is 5. The lowest BCUT2D eigenvalue weighted by Gasteiger charge is -2.35. The van der Waals surface area contributed by atoms with Gasteiger partial charge < -0.3 is 20.0 Å². The summed E-state index contributed by atoms with van der Waals surface area (Å²) in [4.78, 5) is 49.1. The molecule has 0 unspecified atom stereocenters. The smallest absolute Gasteiger partial charge is 0.305 e. The Hall–Kier alpha value is -5.09. The molecule has 43 heavy (non-hydrogen) atoms. The Kier molecular flexibility index (Phi) is 11.3. The van der Waals surface area contributed by atoms with Crippen molar-refractivity contribution < 1.29 is 9.85 Å². The van der Waals surface area contributed by atoms with Crippen LogP contribution >= 0.6 is 11.6 Å². The summed E-state index contributed by atoms with van der Waals surface area (Å²) in [6, 6.07) is 8.09. The normalized spacial score (nSPS) is 14.5. The van der Waals surface area contributed by atoms with Crippen LogP contribution in [0.5, 0.6) is 0 Å². The minimum Gasteiger partial charge on any atom is -0.369 e. The molecule has 16 nitrogen and oxygen atoms in total. The van der Waals surface area contributed by atoms with Gasteiger partial charge in [-0.25, -0.2) is 19.9 Å². The van der Waals surface area contributed by atoms with Gasteiger partial charge in [-0.15, -0.1) is 0 Å². The van der Waals surface area contributed by atoms with Gasteiger partial charge in [-0.05, 0) is 35.9 Å². The molecule has 2 aliphatic rings. The van der Waals surface area contributed by atoms with Crippen LogP contribution in [0.15, 0.2) is 73.8 Å². The lowest BCUT2D eigenvalue weighted by molar-refractivity contribution is -0.385. The van der Waals surface area contributed by atoms with Crippen LogP contribution in [0, 0.1) is 20.2 Å². The molecule has 2 saturated heterocycles. The van der Waals surface area contributed by atoms with Crippen LogP contribution in [0.3, 0.4) is 0 Å². The van der Waals surface area contributed by atoms with E-state index in [0.717, 1.165) is 70.4 Å². The molecule has 4 aromatic rings. The van der Waals surface area contributed by atoms with Crippen molar-refractivity contribution in [2.75, 3.05) is 67.1 Å². The molecule has 17 heteroatoms. The fraction of sp³-hybridized carbons (Fsp3) is 0.308. The SMILES string of the molecule is O=[N+]([O-])c1cnc(Cl)nc1.O=[N+]([O-])c1cnc(N2CCN(c3ccncc3)CC2)nc1.c1cc(N2CCNCC2)ccn1. The minimum absolute atomic E-state index is 0.00519. The molecule has 0 saturated carbocycles. The molecule has 0 spiro atoms. The molecule has 4 aromatic heterocycles. The predicted octanol–water partition coefficient (Wildman–Crippen LogP) is 2.64. The summed E-state index contributed by atoms with van der Waals surface area (Å²) in [6.07, 6.45) is 11.8. The van der Waals surface area contributed by atoms with E-state index in [1.807, 2.05) is 29.4 Å². The number of nitro groups is 2. The van der Waals surface area contributed by atoms with Crippen LogP contribution in [0.4, 0.5) is 28.7 Å². The molecule has 0 radical (unpaired) electrons. The third kappa shape index (κ3) is 9.47. The van der Waals surface area contributed by atoms with Gasteiger partial charge in [0.2, 0.25) is 11.2 Å². The van der Waals surface area contributed by atoms with Gasteiger partial charge in [0.05, 0.1) is 9.85 Å². The average Bonchev–Trinajstić information content (AvgIpc) is 3.07. The van der Waals surface area contributed by atoms with Crippen LogP contribution in [0.2, 0.25) is 5.28 Å². The number of halogens is 1. The maximum atomic E-state index is 10.6. The first-order valence-corrected chi connectivity index (χ1v) is 13.6. The highest BCUT2D eigenvalue weighted by Gasteiger charge is 2.20. The summed E-state index contributed by atoms with van der Waals surface area (Å²) in [6.45, 7) is 7.63. The second-order valence-electron chi connectivity index (χ2n) is 9.09. The highest BCUT2D eigenvalue weighted by atomic mass is 35.5. The van der Waals surface area contributed by atoms with Crippen molar-refractivity contribution in [3.05, 3.63) is 99.4 Å². The fourth-order valence-corrected chi connectivity index (χ4v) is 4.27. The highest BCUT2D eigenvalue weighted by molar-refractivity contribution is 6.28. The third-order valence-electron chi connectivity index (χ3n) is 6.39. The van der Waals surface area contributed by atoms with E-state index in [1.165, 1.54) is 18.1 Å². The van der Waals surface area contributed by atoms with Crippen molar-refractivity contribution in [3.63, 3.8) is 0 Å². The first-order valence-electron chi connectivity index (χ1n) is 13.2. The Bertz CT molecular complexity index is 1420. The summed E-state index contributed by atoms with van der Waals surface area (Å²) in [5, 5.41) is 23.9. The zero-order valence-corrected chi connectivity index (χ0v) is 23.8. The summed E-state index contributed by atoms with van der Waals surface area (Å²) >= 11 is 5.27. The second kappa shape index (κ2) is 15.8. The lowest BCUT2D eigenvalue weighted by atomic mass is 10.3. The Morgan fingerprint density at radius 2 is 1.02 bits per heavy atom. The van der Waals surface area contributed by atoms with Crippen LogP contribution in [-0.2, 0) is 0 Å². The van der Waals surface area contributed by atoms with E-state index in [-0.39, 0.29) is 16.7 Å². The zero-order valence-electron chi connectivity index (χ0n) is 23.0. The number of piperazine rings is 2. The van der Waals surface area contributed by atoms with Gasteiger partial charge in [-0.1, -0.05) is 0 Å². The van der Waals surface area contributed by atoms with Crippen molar-refractivity contribution in [1.29, 1.82) is 0 Å². The van der Waals surface area contributed by atoms with E-state index < -0.39 is 9.85 Å². The van der Waals surface area contributed by atoms with Gasteiger partial charge >= 0.3 is 11.4 Å². The molecule has 224 valence electrons. The maximum absolute atomic E-state index is 10.6. The van der Waals surface area contributed by atoms with Gasteiger partial charge in [0.15, 0.2) is 0 Å². The number of aromatic nitrogens is 6. The fourth-order valence-electron chi connectivity index (χ4n) is 4.17. The van der Waals surface area contributed by atoms with E-state index in [9.17, 15) is 20.2 Å². The van der Waals surface area contributed by atoms with Crippen molar-refractivity contribution in [1.82, 2.24) is 35.2 Å². The Balaban J connectivity index is 0.000000163. The van der Waals surface area contributed by atoms with Crippen LogP contribution in [-0.4, -0.2) is 92.1 Å². The summed E-state index contributed by atoms with van der Waals surface area (Å²) in [5.41, 5.74) is 2.18. The molecule has 0 aromatic carbocycles. The zero-order chi connectivity index (χ0) is 30.4. The van der Waals surface area contributed by atoms with Gasteiger partial charge in [-0.3, -0.25) is 30.2 Å². The third-order valence-corrected chi connectivity index (χ3v) is 6.58. The molecule has 2 fully saturated rings. The molecule has 0 bridgehead atoms. The van der Waals surface area contributed by atoms with Crippen molar-refractivity contribution >= 4 is 40.3 Å². The standard InChI is InChI=1S/C13H14N6O2.C9H13N3.C4H2ClN3O2/c20-19(21)12-9-15-13(16-10-12)18-7-5-17(6-8-18)11-1-3-14-4-2-11;1-3-10-4-2-9(1)12-7-5-11-6-8-12;5-4-6-1-3(2-7-4)8(9)10/h1-4,9-10H,5-8H2;1-4,11H,5-8H2;1-2H. The molecular formula is C26H29ClN12O4. The monoisotopic (exact) mass is 608 g/mol. The van der Waals surface area contributed by atoms with Gasteiger partial charge in [0.25, 0.3) is 0 Å². The number of pyridine rings is 2. The number of hydrogen-bond donors (Lipinski definition) is 1. The van der Waals surface area contributed by atoms with Crippen molar-refractivity contribution in [2.45, 2.75) is 0 Å². The number of hydrogen-bond acceptors (Lipinski definition) is 14. The topological polar surface area (TPSA) is 185 Å². The first kappa shape index (κ1) is 30.9. The molecule has 0 atom stereocenters. The Morgan fingerprint density at radius 1 is 0.628 bits per heavy atom. The van der Waals surface area contributed by atoms with Gasteiger partial charge in [-0.2, -0.15) is 0 Å². The average molecular weight is 609 g/mol. The van der Waals surface area contributed by atoms with E-state index in [2.05, 4.69) is 57.2 Å². The van der Waals surface area contributed by atoms with E-state index in [1.54, 1.807) is 12.4 Å². The van der Waals surface area contributed by atoms with Gasteiger partial charge in [0, 0.05) is 88.5 Å². The second-order valence-corrected chi connectivity index (χ2v) is 9.43. The minimum atomic E-state index is -0.587. The van der Waals surface area contributed by atoms with Crippen molar-refractivity contribution in [3.8, 4) is 0 Å².